The van der Waals surface area contributed by atoms with Crippen LogP contribution in [0.1, 0.15) is 33.7 Å². The zero-order valence-electron chi connectivity index (χ0n) is 7.55. The van der Waals surface area contributed by atoms with Gasteiger partial charge < -0.3 is 0 Å². The lowest BCUT2D eigenvalue weighted by Gasteiger charge is -2.09. The third kappa shape index (κ3) is 1.11. The molecule has 0 radical (unpaired) electrons. The molecule has 1 aromatic heterocycles. The van der Waals surface area contributed by atoms with Crippen molar-refractivity contribution in [3.63, 3.8) is 0 Å². The molecule has 0 amide bonds. The summed E-state index contributed by atoms with van der Waals surface area (Å²) >= 11 is 1.96. The molecule has 2 aliphatic rings. The standard InChI is InChI=1S/C12H12S/c1-3-7-11-9(5-1)10-6-2-4-8-12(10)13-11/h3-4,7-8H,1-2,5-6H2. The van der Waals surface area contributed by atoms with E-state index in [1.54, 1.807) is 11.1 Å². The maximum atomic E-state index is 2.30. The number of allylic oxidation sites excluding steroid dienone is 2. The Bertz CT molecular complexity index is 357. The van der Waals surface area contributed by atoms with E-state index in [1.807, 2.05) is 11.3 Å². The molecular weight excluding hydrogens is 176 g/mol. The van der Waals surface area contributed by atoms with E-state index in [0.717, 1.165) is 0 Å². The summed E-state index contributed by atoms with van der Waals surface area (Å²) in [5.41, 5.74) is 3.29. The summed E-state index contributed by atoms with van der Waals surface area (Å²) in [7, 11) is 0. The summed E-state index contributed by atoms with van der Waals surface area (Å²) in [6.07, 6.45) is 14.2. The zero-order chi connectivity index (χ0) is 8.67. The molecule has 13 heavy (non-hydrogen) atoms. The first-order chi connectivity index (χ1) is 6.45. The highest BCUT2D eigenvalue weighted by Gasteiger charge is 2.17. The summed E-state index contributed by atoms with van der Waals surface area (Å²) in [6, 6.07) is 0. The molecule has 0 N–H and O–H groups in total. The highest BCUT2D eigenvalue weighted by atomic mass is 32.1. The number of hydrogen-bond acceptors (Lipinski definition) is 1. The molecule has 1 aromatic rings. The van der Waals surface area contributed by atoms with Crippen molar-refractivity contribution in [2.24, 2.45) is 0 Å². The molecule has 1 heterocycles. The summed E-state index contributed by atoms with van der Waals surface area (Å²) in [5, 5.41) is 0. The largest absolute Gasteiger partial charge is 0.136 e. The van der Waals surface area contributed by atoms with E-state index in [0.29, 0.717) is 0 Å². The van der Waals surface area contributed by atoms with Crippen molar-refractivity contribution in [3.8, 4) is 0 Å². The Kier molecular flexibility index (Phi) is 1.66. The van der Waals surface area contributed by atoms with Crippen molar-refractivity contribution >= 4 is 23.5 Å². The van der Waals surface area contributed by atoms with Crippen LogP contribution in [0.2, 0.25) is 0 Å². The van der Waals surface area contributed by atoms with Gasteiger partial charge in [0.2, 0.25) is 0 Å². The number of hydrogen-bond donors (Lipinski definition) is 0. The van der Waals surface area contributed by atoms with Crippen LogP contribution >= 0.6 is 11.3 Å². The van der Waals surface area contributed by atoms with Crippen LogP contribution in [0.5, 0.6) is 0 Å². The molecule has 0 aliphatic heterocycles. The monoisotopic (exact) mass is 188 g/mol. The molecule has 66 valence electrons. The normalized spacial score (nSPS) is 18.5. The van der Waals surface area contributed by atoms with Gasteiger partial charge in [-0.15, -0.1) is 11.3 Å². The van der Waals surface area contributed by atoms with E-state index < -0.39 is 0 Å². The van der Waals surface area contributed by atoms with Gasteiger partial charge in [-0.1, -0.05) is 12.2 Å². The zero-order valence-corrected chi connectivity index (χ0v) is 8.36. The van der Waals surface area contributed by atoms with E-state index in [-0.39, 0.29) is 0 Å². The van der Waals surface area contributed by atoms with Gasteiger partial charge in [-0.2, -0.15) is 0 Å². The van der Waals surface area contributed by atoms with E-state index >= 15 is 0 Å². The molecule has 0 fully saturated rings. The maximum absolute atomic E-state index is 2.30. The molecule has 0 saturated heterocycles. The Morgan fingerprint density at radius 2 is 1.38 bits per heavy atom. The Hall–Kier alpha value is -0.820. The number of thiophene rings is 1. The molecular formula is C12H12S. The Labute approximate surface area is 82.6 Å². The average molecular weight is 188 g/mol. The Morgan fingerprint density at radius 3 is 1.92 bits per heavy atom. The van der Waals surface area contributed by atoms with Crippen LogP contribution in [0, 0.1) is 0 Å². The minimum atomic E-state index is 1.24. The van der Waals surface area contributed by atoms with Crippen LogP contribution in [0.4, 0.5) is 0 Å². The van der Waals surface area contributed by atoms with Crippen molar-refractivity contribution in [1.29, 1.82) is 0 Å². The third-order valence-electron chi connectivity index (χ3n) is 2.84. The Morgan fingerprint density at radius 1 is 0.846 bits per heavy atom. The van der Waals surface area contributed by atoms with Gasteiger partial charge >= 0.3 is 0 Å². The molecule has 0 unspecified atom stereocenters. The first-order valence-electron chi connectivity index (χ1n) is 4.93. The second kappa shape index (κ2) is 2.85. The molecule has 0 nitrogen and oxygen atoms in total. The predicted molar refractivity (Wildman–Crippen MR) is 59.0 cm³/mol. The lowest BCUT2D eigenvalue weighted by Crippen LogP contribution is -1.97. The van der Waals surface area contributed by atoms with Crippen LogP contribution in [0.3, 0.4) is 0 Å². The van der Waals surface area contributed by atoms with Gasteiger partial charge in [-0.3, -0.25) is 0 Å². The smallest absolute Gasteiger partial charge is 0.0308 e. The third-order valence-corrected chi connectivity index (χ3v) is 4.04. The second-order valence-electron chi connectivity index (χ2n) is 3.67. The van der Waals surface area contributed by atoms with Crippen molar-refractivity contribution in [2.75, 3.05) is 0 Å². The Balaban J connectivity index is 2.22. The van der Waals surface area contributed by atoms with Gasteiger partial charge in [0.05, 0.1) is 0 Å². The van der Waals surface area contributed by atoms with Crippen LogP contribution in [-0.4, -0.2) is 0 Å². The molecule has 2 aliphatic carbocycles. The first kappa shape index (κ1) is 7.57. The van der Waals surface area contributed by atoms with Crippen LogP contribution in [-0.2, 0) is 12.8 Å². The maximum Gasteiger partial charge on any atom is 0.0308 e. The first-order valence-corrected chi connectivity index (χ1v) is 5.74. The fourth-order valence-electron chi connectivity index (χ4n) is 2.19. The van der Waals surface area contributed by atoms with Crippen LogP contribution in [0.15, 0.2) is 12.2 Å². The fraction of sp³-hybridized carbons (Fsp3) is 0.333. The molecule has 3 rings (SSSR count). The van der Waals surface area contributed by atoms with Crippen LogP contribution in [0.25, 0.3) is 12.2 Å². The van der Waals surface area contributed by atoms with Crippen molar-refractivity contribution in [2.45, 2.75) is 25.7 Å². The van der Waals surface area contributed by atoms with Gasteiger partial charge in [0.25, 0.3) is 0 Å². The van der Waals surface area contributed by atoms with Gasteiger partial charge in [-0.05, 0) is 49.0 Å². The molecule has 1 heteroatoms. The summed E-state index contributed by atoms with van der Waals surface area (Å²) in [4.78, 5) is 3.03. The quantitative estimate of drug-likeness (QED) is 0.582. The molecule has 0 bridgehead atoms. The highest BCUT2D eigenvalue weighted by Crippen LogP contribution is 2.36. The van der Waals surface area contributed by atoms with Crippen molar-refractivity contribution in [1.82, 2.24) is 0 Å². The van der Waals surface area contributed by atoms with E-state index in [2.05, 4.69) is 24.3 Å². The molecule has 0 spiro atoms. The number of fused-ring (bicyclic) bond motifs is 3. The minimum absolute atomic E-state index is 1.24. The topological polar surface area (TPSA) is 0 Å². The van der Waals surface area contributed by atoms with E-state index in [4.69, 9.17) is 0 Å². The summed E-state index contributed by atoms with van der Waals surface area (Å²) < 4.78 is 0. The molecule has 0 atom stereocenters. The van der Waals surface area contributed by atoms with E-state index in [9.17, 15) is 0 Å². The fourth-order valence-corrected chi connectivity index (χ4v) is 3.45. The van der Waals surface area contributed by atoms with Crippen LogP contribution < -0.4 is 0 Å². The second-order valence-corrected chi connectivity index (χ2v) is 4.75. The van der Waals surface area contributed by atoms with Crippen molar-refractivity contribution in [3.05, 3.63) is 33.0 Å². The van der Waals surface area contributed by atoms with E-state index in [1.165, 1.54) is 35.4 Å². The SMILES string of the molecule is C1=Cc2sc3c(c2CC1)CCC=C3. The predicted octanol–water partition coefficient (Wildman–Crippen LogP) is 3.67. The van der Waals surface area contributed by atoms with Gasteiger partial charge in [0, 0.05) is 9.75 Å². The minimum Gasteiger partial charge on any atom is -0.136 e. The van der Waals surface area contributed by atoms with Gasteiger partial charge in [0.15, 0.2) is 0 Å². The lowest BCUT2D eigenvalue weighted by atomic mass is 9.94. The summed E-state index contributed by atoms with van der Waals surface area (Å²) in [6.45, 7) is 0. The average Bonchev–Trinajstić information content (AvgIpc) is 2.56. The summed E-state index contributed by atoms with van der Waals surface area (Å²) in [5.74, 6) is 0. The number of rotatable bonds is 0. The lowest BCUT2D eigenvalue weighted by molar-refractivity contribution is 0.922. The molecule has 0 saturated carbocycles. The van der Waals surface area contributed by atoms with Gasteiger partial charge in [-0.25, -0.2) is 0 Å². The van der Waals surface area contributed by atoms with Crippen molar-refractivity contribution < 1.29 is 0 Å². The van der Waals surface area contributed by atoms with Gasteiger partial charge in [0.1, 0.15) is 0 Å². The highest BCUT2D eigenvalue weighted by molar-refractivity contribution is 7.14. The molecule has 0 aromatic carbocycles.